The molecule has 0 atom stereocenters. The van der Waals surface area contributed by atoms with Gasteiger partial charge in [0, 0.05) is 6.07 Å². The summed E-state index contributed by atoms with van der Waals surface area (Å²) in [5.41, 5.74) is -1.39. The van der Waals surface area contributed by atoms with E-state index >= 15 is 0 Å². The van der Waals surface area contributed by atoms with Crippen molar-refractivity contribution in [3.8, 4) is 0 Å². The molecule has 0 aliphatic rings. The van der Waals surface area contributed by atoms with Crippen LogP contribution in [-0.2, 0) is 0 Å². The Bertz CT molecular complexity index is 751. The number of carbonyl (C=O) groups is 1. The first kappa shape index (κ1) is 16.0. The van der Waals surface area contributed by atoms with Gasteiger partial charge < -0.3 is 5.32 Å². The van der Waals surface area contributed by atoms with Gasteiger partial charge in [-0.25, -0.2) is 8.78 Å². The van der Waals surface area contributed by atoms with E-state index in [1.54, 1.807) is 0 Å². The number of nitrogens with one attached hydrogen (secondary N) is 1. The zero-order valence-electron chi connectivity index (χ0n) is 9.82. The molecule has 1 N–H and O–H groups in total. The molecule has 1 amide bonds. The molecule has 0 radical (unpaired) electrons. The topological polar surface area (TPSA) is 72.2 Å². The molecule has 1 aromatic heterocycles. The van der Waals surface area contributed by atoms with Crippen molar-refractivity contribution in [3.63, 3.8) is 0 Å². The fraction of sp³-hybridized carbons (Fsp3) is 0. The Morgan fingerprint density at radius 1 is 1.33 bits per heavy atom. The zero-order chi connectivity index (χ0) is 15.7. The van der Waals surface area contributed by atoms with Crippen molar-refractivity contribution in [2.45, 2.75) is 0 Å². The molecule has 110 valence electrons. The highest BCUT2D eigenvalue weighted by Gasteiger charge is 2.25. The Balaban J connectivity index is 2.44. The standard InChI is InChI=1S/C11H4Br2F2N2O3S/c12-7-3-4(10(13)21-7)11(18)16-9-6(17(19)20)2-1-5(14)8(9)15/h1-3H,(H,16,18). The summed E-state index contributed by atoms with van der Waals surface area (Å²) >= 11 is 7.50. The first-order valence-corrected chi connectivity index (χ1v) is 7.60. The van der Waals surface area contributed by atoms with Crippen molar-refractivity contribution in [1.29, 1.82) is 0 Å². The maximum atomic E-state index is 13.7. The Labute approximate surface area is 137 Å². The summed E-state index contributed by atoms with van der Waals surface area (Å²) in [5, 5.41) is 12.9. The number of hydrogen-bond acceptors (Lipinski definition) is 4. The van der Waals surface area contributed by atoms with E-state index in [9.17, 15) is 23.7 Å². The summed E-state index contributed by atoms with van der Waals surface area (Å²) in [7, 11) is 0. The lowest BCUT2D eigenvalue weighted by atomic mass is 10.2. The second-order valence-electron chi connectivity index (χ2n) is 3.70. The van der Waals surface area contributed by atoms with Gasteiger partial charge in [0.1, 0.15) is 0 Å². The normalized spacial score (nSPS) is 10.5. The number of anilines is 1. The van der Waals surface area contributed by atoms with Crippen molar-refractivity contribution in [2.24, 2.45) is 0 Å². The number of nitrogens with zero attached hydrogens (tertiary/aromatic N) is 1. The second kappa shape index (κ2) is 6.16. The first-order chi connectivity index (χ1) is 9.81. The van der Waals surface area contributed by atoms with Crippen molar-refractivity contribution in [2.75, 3.05) is 5.32 Å². The van der Waals surface area contributed by atoms with Gasteiger partial charge in [0.2, 0.25) is 0 Å². The van der Waals surface area contributed by atoms with Crippen molar-refractivity contribution >= 4 is 60.5 Å². The summed E-state index contributed by atoms with van der Waals surface area (Å²) in [6.45, 7) is 0. The molecular formula is C11H4Br2F2N2O3S. The summed E-state index contributed by atoms with van der Waals surface area (Å²) in [6, 6.07) is 2.86. The molecule has 5 nitrogen and oxygen atoms in total. The Morgan fingerprint density at radius 3 is 2.52 bits per heavy atom. The van der Waals surface area contributed by atoms with Crippen LogP contribution in [-0.4, -0.2) is 10.8 Å². The molecule has 0 spiro atoms. The number of carbonyl (C=O) groups excluding carboxylic acids is 1. The molecule has 0 fully saturated rings. The number of benzene rings is 1. The molecule has 0 aliphatic heterocycles. The average molecular weight is 442 g/mol. The minimum atomic E-state index is -1.48. The monoisotopic (exact) mass is 440 g/mol. The van der Waals surface area contributed by atoms with E-state index in [2.05, 4.69) is 31.9 Å². The smallest absolute Gasteiger partial charge is 0.296 e. The first-order valence-electron chi connectivity index (χ1n) is 5.20. The van der Waals surface area contributed by atoms with E-state index in [1.165, 1.54) is 17.4 Å². The van der Waals surface area contributed by atoms with Crippen LogP contribution in [0.5, 0.6) is 0 Å². The van der Waals surface area contributed by atoms with Crippen molar-refractivity contribution in [1.82, 2.24) is 0 Å². The van der Waals surface area contributed by atoms with Gasteiger partial charge >= 0.3 is 0 Å². The number of nitro benzene ring substituents is 1. The van der Waals surface area contributed by atoms with E-state index in [4.69, 9.17) is 0 Å². The lowest BCUT2D eigenvalue weighted by molar-refractivity contribution is -0.384. The van der Waals surface area contributed by atoms with E-state index in [-0.39, 0.29) is 5.56 Å². The fourth-order valence-electron chi connectivity index (χ4n) is 1.49. The lowest BCUT2D eigenvalue weighted by Gasteiger charge is -2.07. The van der Waals surface area contributed by atoms with Crippen LogP contribution in [0.2, 0.25) is 0 Å². The predicted molar refractivity (Wildman–Crippen MR) is 80.7 cm³/mol. The van der Waals surface area contributed by atoms with Gasteiger partial charge in [0.05, 0.1) is 18.1 Å². The van der Waals surface area contributed by atoms with Gasteiger partial charge in [-0.3, -0.25) is 14.9 Å². The van der Waals surface area contributed by atoms with Crippen LogP contribution in [0.25, 0.3) is 0 Å². The molecule has 2 rings (SSSR count). The van der Waals surface area contributed by atoms with Crippen LogP contribution in [0.3, 0.4) is 0 Å². The molecule has 10 heteroatoms. The van der Waals surface area contributed by atoms with Gasteiger partial charge in [-0.2, -0.15) is 0 Å². The second-order valence-corrected chi connectivity index (χ2v) is 7.45. The average Bonchev–Trinajstić information content (AvgIpc) is 2.74. The third kappa shape index (κ3) is 3.27. The SMILES string of the molecule is O=C(Nc1c([N+](=O)[O-])ccc(F)c1F)c1cc(Br)sc1Br. The number of nitro groups is 1. The minimum absolute atomic E-state index is 0.143. The summed E-state index contributed by atoms with van der Waals surface area (Å²) in [6.07, 6.45) is 0. The minimum Gasteiger partial charge on any atom is -0.314 e. The van der Waals surface area contributed by atoms with Crippen LogP contribution in [0.4, 0.5) is 20.2 Å². The van der Waals surface area contributed by atoms with E-state index < -0.39 is 33.8 Å². The van der Waals surface area contributed by atoms with Crippen LogP contribution in [0.15, 0.2) is 25.8 Å². The molecule has 0 aliphatic carbocycles. The Kier molecular flexibility index (Phi) is 4.69. The quantitative estimate of drug-likeness (QED) is 0.553. The summed E-state index contributed by atoms with van der Waals surface area (Å²) in [4.78, 5) is 21.9. The third-order valence-electron chi connectivity index (χ3n) is 2.41. The van der Waals surface area contributed by atoms with Crippen LogP contribution >= 0.6 is 43.2 Å². The predicted octanol–water partition coefficient (Wildman–Crippen LogP) is 4.71. The summed E-state index contributed by atoms with van der Waals surface area (Å²) < 4.78 is 28.0. The van der Waals surface area contributed by atoms with Gasteiger partial charge in [0.15, 0.2) is 17.3 Å². The molecule has 0 saturated carbocycles. The highest BCUT2D eigenvalue weighted by atomic mass is 79.9. The van der Waals surface area contributed by atoms with Gasteiger partial charge in [-0.05, 0) is 44.0 Å². The fourth-order valence-corrected chi connectivity index (χ4v) is 4.28. The van der Waals surface area contributed by atoms with Crippen LogP contribution in [0.1, 0.15) is 10.4 Å². The van der Waals surface area contributed by atoms with Gasteiger partial charge in [-0.15, -0.1) is 11.3 Å². The number of hydrogen-bond donors (Lipinski definition) is 1. The molecule has 21 heavy (non-hydrogen) atoms. The highest BCUT2D eigenvalue weighted by Crippen LogP contribution is 2.34. The number of thiophene rings is 1. The van der Waals surface area contributed by atoms with E-state index in [1.807, 2.05) is 5.32 Å². The highest BCUT2D eigenvalue weighted by molar-refractivity contribution is 9.12. The zero-order valence-corrected chi connectivity index (χ0v) is 13.8. The Hall–Kier alpha value is -1.39. The lowest BCUT2D eigenvalue weighted by Crippen LogP contribution is -2.14. The van der Waals surface area contributed by atoms with Crippen molar-refractivity contribution < 1.29 is 18.5 Å². The van der Waals surface area contributed by atoms with E-state index in [0.717, 1.165) is 6.07 Å². The number of amides is 1. The maximum absolute atomic E-state index is 13.7. The molecule has 0 unspecified atom stereocenters. The molecule has 1 heterocycles. The molecule has 0 bridgehead atoms. The molecule has 0 saturated heterocycles. The molecule has 2 aromatic rings. The van der Waals surface area contributed by atoms with Crippen molar-refractivity contribution in [3.05, 3.63) is 53.1 Å². The van der Waals surface area contributed by atoms with Gasteiger partial charge in [-0.1, -0.05) is 0 Å². The van der Waals surface area contributed by atoms with Crippen LogP contribution in [0, 0.1) is 21.7 Å². The molecular weight excluding hydrogens is 438 g/mol. The number of rotatable bonds is 3. The van der Waals surface area contributed by atoms with Gasteiger partial charge in [0.25, 0.3) is 11.6 Å². The van der Waals surface area contributed by atoms with Crippen LogP contribution < -0.4 is 5.32 Å². The number of halogens is 4. The summed E-state index contributed by atoms with van der Waals surface area (Å²) in [5.74, 6) is -3.57. The molecule has 1 aromatic carbocycles. The Morgan fingerprint density at radius 2 is 2.00 bits per heavy atom. The maximum Gasteiger partial charge on any atom is 0.296 e. The largest absolute Gasteiger partial charge is 0.314 e. The van der Waals surface area contributed by atoms with E-state index in [0.29, 0.717) is 13.6 Å². The third-order valence-corrected chi connectivity index (χ3v) is 4.75.